The van der Waals surface area contributed by atoms with Gasteiger partial charge in [-0.2, -0.15) is 0 Å². The largest absolute Gasteiger partial charge is 0.135 e. The summed E-state index contributed by atoms with van der Waals surface area (Å²) >= 11 is 3.83. The van der Waals surface area contributed by atoms with Crippen LogP contribution >= 0.6 is 22.7 Å². The van der Waals surface area contributed by atoms with Crippen molar-refractivity contribution in [3.8, 4) is 22.3 Å². The number of hydrogen-bond donors (Lipinski definition) is 0. The van der Waals surface area contributed by atoms with Gasteiger partial charge in [-0.3, -0.25) is 0 Å². The third-order valence-corrected chi connectivity index (χ3v) is 13.2. The average Bonchev–Trinajstić information content (AvgIpc) is 3.74. The van der Waals surface area contributed by atoms with Crippen molar-refractivity contribution in [2.45, 2.75) is 32.6 Å². The Labute approximate surface area is 306 Å². The summed E-state index contributed by atoms with van der Waals surface area (Å²) in [7, 11) is 0. The maximum absolute atomic E-state index is 2.44. The number of hydrogen-bond acceptors (Lipinski definition) is 2. The standard InChI is InChI=1S/C49H36S2/c1-30(2)34-26-27-40(39-13-6-5-11-37(34)39)44-15-9-16-45-43-23-19-31(28-47(43)51-49(44)45)18-20-32-21-24-36(38-12-4-3-10-35(32)38)33-22-25-42-41-14-7-8-17-46(41)50-48(42)29-33/h3-17,19,21-30H,18,20H2,1-2H3. The maximum atomic E-state index is 2.44. The first-order chi connectivity index (χ1) is 25.1. The third kappa shape index (κ3) is 5.08. The van der Waals surface area contributed by atoms with Crippen molar-refractivity contribution in [3.63, 3.8) is 0 Å². The lowest BCUT2D eigenvalue weighted by molar-refractivity contribution is 0.876. The van der Waals surface area contributed by atoms with E-state index in [2.05, 4.69) is 166 Å². The Morgan fingerprint density at radius 1 is 0.412 bits per heavy atom. The van der Waals surface area contributed by atoms with Crippen LogP contribution in [0.5, 0.6) is 0 Å². The van der Waals surface area contributed by atoms with Crippen molar-refractivity contribution in [1.29, 1.82) is 0 Å². The molecule has 2 aromatic heterocycles. The molecule has 10 aromatic rings. The van der Waals surface area contributed by atoms with Crippen LogP contribution in [0.1, 0.15) is 36.5 Å². The smallest absolute Gasteiger partial charge is 0.0434 e. The minimum atomic E-state index is 0.487. The van der Waals surface area contributed by atoms with E-state index in [1.165, 1.54) is 101 Å². The molecule has 0 bridgehead atoms. The molecule has 0 unspecified atom stereocenters. The van der Waals surface area contributed by atoms with Gasteiger partial charge >= 0.3 is 0 Å². The van der Waals surface area contributed by atoms with Gasteiger partial charge < -0.3 is 0 Å². The first-order valence-electron chi connectivity index (χ1n) is 18.0. The molecule has 0 fully saturated rings. The van der Waals surface area contributed by atoms with Crippen molar-refractivity contribution in [2.24, 2.45) is 0 Å². The molecule has 0 radical (unpaired) electrons. The van der Waals surface area contributed by atoms with Gasteiger partial charge in [0.05, 0.1) is 0 Å². The molecule has 2 heterocycles. The van der Waals surface area contributed by atoms with Crippen LogP contribution in [0.3, 0.4) is 0 Å². The number of benzene rings is 8. The maximum Gasteiger partial charge on any atom is 0.0434 e. The van der Waals surface area contributed by atoms with Crippen LogP contribution in [0.4, 0.5) is 0 Å². The van der Waals surface area contributed by atoms with E-state index in [-0.39, 0.29) is 0 Å². The van der Waals surface area contributed by atoms with Gasteiger partial charge in [-0.05, 0) is 91.9 Å². The van der Waals surface area contributed by atoms with E-state index in [1.54, 1.807) is 0 Å². The molecular weight excluding hydrogens is 653 g/mol. The summed E-state index contributed by atoms with van der Waals surface area (Å²) in [5.41, 5.74) is 9.47. The highest BCUT2D eigenvalue weighted by molar-refractivity contribution is 7.26. The van der Waals surface area contributed by atoms with E-state index >= 15 is 0 Å². The molecule has 0 amide bonds. The van der Waals surface area contributed by atoms with E-state index in [9.17, 15) is 0 Å². The van der Waals surface area contributed by atoms with Crippen LogP contribution in [0, 0.1) is 0 Å². The lowest BCUT2D eigenvalue weighted by Gasteiger charge is -2.14. The van der Waals surface area contributed by atoms with Gasteiger partial charge in [0.1, 0.15) is 0 Å². The predicted octanol–water partition coefficient (Wildman–Crippen LogP) is 15.0. The SMILES string of the molecule is CC(C)c1ccc(-c2cccc3c2sc2cc(CCc4ccc(-c5ccc6c(c5)sc5ccccc56)c5ccccc45)ccc23)c2ccccc12. The fourth-order valence-corrected chi connectivity index (χ4v) is 10.7. The van der Waals surface area contributed by atoms with E-state index < -0.39 is 0 Å². The minimum absolute atomic E-state index is 0.487. The summed E-state index contributed by atoms with van der Waals surface area (Å²) in [6, 6.07) is 57.0. The Hall–Kier alpha value is -5.28. The highest BCUT2D eigenvalue weighted by Gasteiger charge is 2.16. The van der Waals surface area contributed by atoms with Crippen molar-refractivity contribution < 1.29 is 0 Å². The topological polar surface area (TPSA) is 0 Å². The zero-order valence-electron chi connectivity index (χ0n) is 28.7. The fourth-order valence-electron chi connectivity index (χ4n) is 8.27. The minimum Gasteiger partial charge on any atom is -0.135 e. The van der Waals surface area contributed by atoms with Crippen LogP contribution in [-0.2, 0) is 12.8 Å². The van der Waals surface area contributed by atoms with E-state index in [0.29, 0.717) is 5.92 Å². The molecule has 2 heteroatoms. The van der Waals surface area contributed by atoms with Gasteiger partial charge in [0.15, 0.2) is 0 Å². The molecule has 0 nitrogen and oxygen atoms in total. The van der Waals surface area contributed by atoms with Gasteiger partial charge in [-0.15, -0.1) is 22.7 Å². The van der Waals surface area contributed by atoms with Crippen LogP contribution in [-0.4, -0.2) is 0 Å². The highest BCUT2D eigenvalue weighted by Crippen LogP contribution is 2.43. The number of aryl methyl sites for hydroxylation is 2. The van der Waals surface area contributed by atoms with E-state index in [1.807, 2.05) is 22.7 Å². The molecule has 0 saturated carbocycles. The quantitative estimate of drug-likeness (QED) is 0.163. The molecule has 8 aromatic carbocycles. The second kappa shape index (κ2) is 12.2. The monoisotopic (exact) mass is 688 g/mol. The Morgan fingerprint density at radius 3 is 1.90 bits per heavy atom. The average molecular weight is 689 g/mol. The second-order valence-electron chi connectivity index (χ2n) is 14.1. The summed E-state index contributed by atoms with van der Waals surface area (Å²) in [4.78, 5) is 0. The number of fused-ring (bicyclic) bond motifs is 8. The third-order valence-electron chi connectivity index (χ3n) is 10.8. The summed E-state index contributed by atoms with van der Waals surface area (Å²) in [5.74, 6) is 0.487. The van der Waals surface area contributed by atoms with Crippen molar-refractivity contribution >= 4 is 84.6 Å². The lowest BCUT2D eigenvalue weighted by Crippen LogP contribution is -1.94. The first-order valence-corrected chi connectivity index (χ1v) is 19.6. The molecule has 51 heavy (non-hydrogen) atoms. The Bertz CT molecular complexity index is 2950. The molecule has 0 N–H and O–H groups in total. The lowest BCUT2D eigenvalue weighted by atomic mass is 9.90. The van der Waals surface area contributed by atoms with Crippen LogP contribution < -0.4 is 0 Å². The molecule has 10 rings (SSSR count). The van der Waals surface area contributed by atoms with Crippen molar-refractivity contribution in [3.05, 3.63) is 168 Å². The summed E-state index contributed by atoms with van der Waals surface area (Å²) in [6.07, 6.45) is 2.02. The summed E-state index contributed by atoms with van der Waals surface area (Å²) in [5, 5.41) is 10.8. The Balaban J connectivity index is 0.985. The van der Waals surface area contributed by atoms with Gasteiger partial charge in [0.25, 0.3) is 0 Å². The molecule has 0 saturated heterocycles. The molecule has 0 aliphatic rings. The highest BCUT2D eigenvalue weighted by atomic mass is 32.1. The predicted molar refractivity (Wildman–Crippen MR) is 226 cm³/mol. The molecule has 0 spiro atoms. The molecular formula is C49H36S2. The zero-order valence-corrected chi connectivity index (χ0v) is 30.4. The molecule has 0 aliphatic heterocycles. The summed E-state index contributed by atoms with van der Waals surface area (Å²) in [6.45, 7) is 4.58. The van der Waals surface area contributed by atoms with Gasteiger partial charge in [0, 0.05) is 45.9 Å². The number of rotatable bonds is 6. The second-order valence-corrected chi connectivity index (χ2v) is 16.3. The van der Waals surface area contributed by atoms with E-state index in [0.717, 1.165) is 12.8 Å². The molecule has 0 aliphatic carbocycles. The van der Waals surface area contributed by atoms with Gasteiger partial charge in [0.2, 0.25) is 0 Å². The van der Waals surface area contributed by atoms with Crippen LogP contribution in [0.25, 0.3) is 84.1 Å². The Morgan fingerprint density at radius 2 is 1.06 bits per heavy atom. The normalized spacial score (nSPS) is 12.1. The fraction of sp³-hybridized carbons (Fsp3) is 0.102. The van der Waals surface area contributed by atoms with Crippen LogP contribution in [0.2, 0.25) is 0 Å². The molecule has 0 atom stereocenters. The zero-order chi connectivity index (χ0) is 34.1. The summed E-state index contributed by atoms with van der Waals surface area (Å²) < 4.78 is 5.45. The number of thiophene rings is 2. The first kappa shape index (κ1) is 30.5. The van der Waals surface area contributed by atoms with Crippen molar-refractivity contribution in [1.82, 2.24) is 0 Å². The Kier molecular flexibility index (Phi) is 7.30. The van der Waals surface area contributed by atoms with Crippen LogP contribution in [0.15, 0.2) is 152 Å². The molecule has 244 valence electrons. The van der Waals surface area contributed by atoms with E-state index in [4.69, 9.17) is 0 Å². The van der Waals surface area contributed by atoms with Gasteiger partial charge in [-0.1, -0.05) is 147 Å². The van der Waals surface area contributed by atoms with Crippen molar-refractivity contribution in [2.75, 3.05) is 0 Å². The van der Waals surface area contributed by atoms with Gasteiger partial charge in [-0.25, -0.2) is 0 Å².